The van der Waals surface area contributed by atoms with Gasteiger partial charge in [-0.15, -0.1) is 26.3 Å². The minimum Gasteiger partial charge on any atom is -0.537 e. The molecule has 0 aliphatic carbocycles. The number of carbonyl (C=O) groups excluding carboxylic acids is 1. The molecular weight excluding hydrogens is 515 g/mol. The van der Waals surface area contributed by atoms with Gasteiger partial charge in [-0.25, -0.2) is 0 Å². The zero-order valence-electron chi connectivity index (χ0n) is 18.4. The molecule has 16 heteroatoms. The number of aromatic amines is 2. The molecule has 3 aromatic rings. The molecule has 2 aromatic carbocycles. The summed E-state index contributed by atoms with van der Waals surface area (Å²) in [6, 6.07) is 11.4. The van der Waals surface area contributed by atoms with Crippen LogP contribution in [0.15, 0.2) is 77.9 Å². The van der Waals surface area contributed by atoms with Gasteiger partial charge in [0.1, 0.15) is 17.2 Å². The minimum absolute atomic E-state index is 0.0411. The van der Waals surface area contributed by atoms with E-state index >= 15 is 0 Å². The van der Waals surface area contributed by atoms with E-state index in [2.05, 4.69) is 24.3 Å². The van der Waals surface area contributed by atoms with Crippen molar-refractivity contribution in [3.05, 3.63) is 83.4 Å². The molecule has 37 heavy (non-hydrogen) atoms. The molecule has 9 nitrogen and oxygen atoms in total. The lowest BCUT2D eigenvalue weighted by Gasteiger charge is -2.15. The molecule has 0 spiro atoms. The van der Waals surface area contributed by atoms with Gasteiger partial charge in [0.2, 0.25) is 0 Å². The average Bonchev–Trinajstić information content (AvgIpc) is 3.46. The highest BCUT2D eigenvalue weighted by Crippen LogP contribution is 2.26. The quantitative estimate of drug-likeness (QED) is 0.339. The maximum atomic E-state index is 11.9. The fraction of sp³-hybridized carbons (Fsp3) is 0.143. The van der Waals surface area contributed by atoms with Gasteiger partial charge in [0.25, 0.3) is 5.56 Å². The highest BCUT2D eigenvalue weighted by Gasteiger charge is 2.31. The van der Waals surface area contributed by atoms with Crippen molar-refractivity contribution in [3.8, 4) is 17.2 Å². The second-order valence-corrected chi connectivity index (χ2v) is 6.66. The van der Waals surface area contributed by atoms with Crippen LogP contribution in [0.2, 0.25) is 0 Å². The van der Waals surface area contributed by atoms with E-state index in [1.807, 2.05) is 0 Å². The second-order valence-electron chi connectivity index (χ2n) is 6.66. The summed E-state index contributed by atoms with van der Waals surface area (Å²) < 4.78 is 82.6. The number of ketones is 1. The van der Waals surface area contributed by atoms with Crippen LogP contribution in [-0.2, 0) is 4.79 Å². The Morgan fingerprint density at radius 1 is 0.811 bits per heavy atom. The minimum atomic E-state index is -4.70. The van der Waals surface area contributed by atoms with E-state index in [1.165, 1.54) is 48.5 Å². The summed E-state index contributed by atoms with van der Waals surface area (Å²) in [5.41, 5.74) is 0.552. The molecule has 0 fully saturated rings. The van der Waals surface area contributed by atoms with E-state index in [9.17, 15) is 35.9 Å². The summed E-state index contributed by atoms with van der Waals surface area (Å²) >= 11 is 0. The fourth-order valence-corrected chi connectivity index (χ4v) is 2.52. The van der Waals surface area contributed by atoms with E-state index in [4.69, 9.17) is 5.02 Å². The number of benzene rings is 2. The van der Waals surface area contributed by atoms with Gasteiger partial charge in [-0.2, -0.15) is 0 Å². The first kappa shape index (κ1) is 28.9. The number of alkyl halides is 6. The Morgan fingerprint density at radius 3 is 1.68 bits per heavy atom. The number of hydrogen-bond donors (Lipinski definition) is 3. The highest BCUT2D eigenvalue weighted by atomic mass is 19.4. The van der Waals surface area contributed by atoms with Gasteiger partial charge in [0, 0.05) is 24.2 Å². The van der Waals surface area contributed by atoms with Gasteiger partial charge in [0.05, 0.1) is 6.54 Å². The fourth-order valence-electron chi connectivity index (χ4n) is 2.52. The van der Waals surface area contributed by atoms with Crippen LogP contribution in [0.1, 0.15) is 0 Å². The third-order valence-electron chi connectivity index (χ3n) is 3.93. The molecule has 0 saturated heterocycles. The van der Waals surface area contributed by atoms with Crippen molar-refractivity contribution in [2.24, 2.45) is 0 Å². The lowest BCUT2D eigenvalue weighted by molar-refractivity contribution is -0.275. The SMILES string of the molecule is O=C1C=CN(c2ccc(OC(F)(F)F)cc2)C1.O=c1cc[nH][nH]1.O[B]Oc1ccc(OC(F)(F)F)cc1. The molecule has 1 aliphatic rings. The summed E-state index contributed by atoms with van der Waals surface area (Å²) in [6.45, 7) is 0.208. The van der Waals surface area contributed by atoms with Crippen molar-refractivity contribution in [2.75, 3.05) is 11.4 Å². The lowest BCUT2D eigenvalue weighted by atomic mass is 10.3. The summed E-state index contributed by atoms with van der Waals surface area (Å²) in [5.74, 6) is -0.457. The first-order valence-electron chi connectivity index (χ1n) is 9.88. The van der Waals surface area contributed by atoms with Crippen LogP contribution >= 0.6 is 0 Å². The van der Waals surface area contributed by atoms with Crippen molar-refractivity contribution in [2.45, 2.75) is 12.7 Å². The number of anilines is 1. The topological polar surface area (TPSA) is 117 Å². The summed E-state index contributed by atoms with van der Waals surface area (Å²) in [6.07, 6.45) is -4.85. The van der Waals surface area contributed by atoms with Crippen molar-refractivity contribution >= 4 is 19.2 Å². The highest BCUT2D eigenvalue weighted by molar-refractivity contribution is 6.17. The molecule has 197 valence electrons. The molecule has 0 amide bonds. The smallest absolute Gasteiger partial charge is 0.537 e. The predicted octanol–water partition coefficient (Wildman–Crippen LogP) is 3.68. The van der Waals surface area contributed by atoms with Crippen LogP contribution in [0.5, 0.6) is 17.2 Å². The third kappa shape index (κ3) is 11.8. The molecule has 1 aromatic heterocycles. The van der Waals surface area contributed by atoms with Gasteiger partial charge in [-0.1, -0.05) is 0 Å². The summed E-state index contributed by atoms with van der Waals surface area (Å²) in [4.78, 5) is 22.6. The van der Waals surface area contributed by atoms with Crippen LogP contribution in [0.3, 0.4) is 0 Å². The first-order chi connectivity index (χ1) is 17.3. The van der Waals surface area contributed by atoms with Crippen molar-refractivity contribution in [1.29, 1.82) is 0 Å². The summed E-state index contributed by atoms with van der Waals surface area (Å²) in [5, 5.41) is 13.0. The largest absolute Gasteiger partial charge is 0.573 e. The normalized spacial score (nSPS) is 12.6. The average molecular weight is 532 g/mol. The van der Waals surface area contributed by atoms with E-state index in [-0.39, 0.29) is 35.1 Å². The lowest BCUT2D eigenvalue weighted by Crippen LogP contribution is -2.18. The standard InChI is InChI=1S/C11H8F3NO2.C7H5BF3O3.C3H4N2O/c12-11(13,14)17-10-3-1-8(2-4-10)15-6-5-9(16)7-15;9-7(10,11)13-5-1-3-6(4-2-5)14-8-12;6-3-1-2-4-5-3/h1-6H,7H2;1-4,12H;1-2H,(H2,4,5,6). The third-order valence-corrected chi connectivity index (χ3v) is 3.93. The zero-order valence-corrected chi connectivity index (χ0v) is 18.4. The van der Waals surface area contributed by atoms with Crippen molar-refractivity contribution in [1.82, 2.24) is 10.2 Å². The molecule has 0 bridgehead atoms. The maximum absolute atomic E-state index is 11.9. The Hall–Kier alpha value is -4.34. The van der Waals surface area contributed by atoms with E-state index in [0.717, 1.165) is 12.1 Å². The number of rotatable bonds is 5. The molecule has 2 heterocycles. The predicted molar refractivity (Wildman–Crippen MR) is 118 cm³/mol. The maximum Gasteiger partial charge on any atom is 0.573 e. The number of hydrogen-bond acceptors (Lipinski definition) is 7. The van der Waals surface area contributed by atoms with E-state index < -0.39 is 12.7 Å². The molecule has 3 N–H and O–H groups in total. The summed E-state index contributed by atoms with van der Waals surface area (Å²) in [7, 11) is 0.430. The van der Waals surface area contributed by atoms with Gasteiger partial charge < -0.3 is 29.2 Å². The van der Waals surface area contributed by atoms with Crippen LogP contribution in [0.25, 0.3) is 0 Å². The van der Waals surface area contributed by atoms with Gasteiger partial charge in [-0.05, 0) is 54.6 Å². The number of nitrogens with zero attached hydrogens (tertiary/aromatic N) is 1. The molecular formula is C21H17BF6N3O6. The number of H-pyrrole nitrogens is 2. The molecule has 1 aliphatic heterocycles. The number of carbonyl (C=O) groups is 1. The Balaban J connectivity index is 0.000000216. The Bertz CT molecular complexity index is 1180. The zero-order chi connectivity index (χ0) is 27.5. The molecule has 0 saturated carbocycles. The Kier molecular flexibility index (Phi) is 10.2. The van der Waals surface area contributed by atoms with Crippen LogP contribution < -0.4 is 24.6 Å². The Morgan fingerprint density at radius 2 is 1.32 bits per heavy atom. The monoisotopic (exact) mass is 532 g/mol. The molecule has 0 unspecified atom stereocenters. The second kappa shape index (κ2) is 13.1. The van der Waals surface area contributed by atoms with Gasteiger partial charge in [-0.3, -0.25) is 14.7 Å². The van der Waals surface area contributed by atoms with Crippen molar-refractivity contribution < 1.29 is 50.3 Å². The van der Waals surface area contributed by atoms with Gasteiger partial charge >= 0.3 is 20.4 Å². The number of halogens is 6. The number of aromatic nitrogens is 2. The Labute approximate surface area is 205 Å². The van der Waals surface area contributed by atoms with Crippen LogP contribution in [0.4, 0.5) is 32.0 Å². The number of ether oxygens (including phenoxy) is 2. The molecule has 1 radical (unpaired) electrons. The van der Waals surface area contributed by atoms with Crippen molar-refractivity contribution in [3.63, 3.8) is 0 Å². The van der Waals surface area contributed by atoms with E-state index in [1.54, 1.807) is 17.3 Å². The van der Waals surface area contributed by atoms with Crippen LogP contribution in [-0.4, -0.2) is 48.0 Å². The van der Waals surface area contributed by atoms with Gasteiger partial charge in [0.15, 0.2) is 5.78 Å². The molecule has 0 atom stereocenters. The first-order valence-corrected chi connectivity index (χ1v) is 9.88. The number of nitrogens with one attached hydrogen (secondary N) is 2. The van der Waals surface area contributed by atoms with E-state index in [0.29, 0.717) is 13.4 Å². The molecule has 4 rings (SSSR count). The van der Waals surface area contributed by atoms with Crippen LogP contribution in [0, 0.1) is 0 Å².